The molecule has 0 saturated heterocycles. The first-order chi connectivity index (χ1) is 4.81. The molecule has 0 heterocycles. The molecule has 0 atom stereocenters. The van der Waals surface area contributed by atoms with Gasteiger partial charge in [0.25, 0.3) is 22.6 Å². The predicted molar refractivity (Wildman–Crippen MR) is 59.7 cm³/mol. The average molecular weight is 299 g/mol. The average Bonchev–Trinajstić information content (AvgIpc) is 1.91. The number of halogens is 1. The van der Waals surface area contributed by atoms with E-state index in [2.05, 4.69) is 16.9 Å². The molecule has 0 spiro atoms. The molecule has 80 valence electrons. The summed E-state index contributed by atoms with van der Waals surface area (Å²) in [5.41, 5.74) is 0. The van der Waals surface area contributed by atoms with Gasteiger partial charge in [0.1, 0.15) is 0 Å². The minimum Gasteiger partial charge on any atom is -0.388 e. The van der Waals surface area contributed by atoms with Gasteiger partial charge < -0.3 is 4.74 Å². The zero-order valence-electron chi connectivity index (χ0n) is 6.20. The molecule has 0 bridgehead atoms. The van der Waals surface area contributed by atoms with Crippen LogP contribution in [-0.4, -0.2) is 14.2 Å². The van der Waals surface area contributed by atoms with E-state index in [0.717, 1.165) is 0 Å². The first-order valence-electron chi connectivity index (χ1n) is 2.93. The normalized spacial score (nSPS) is 6.08. The quantitative estimate of drug-likeness (QED) is 0.627. The molecule has 1 nitrogen and oxygen atoms in total. The third-order valence-electron chi connectivity index (χ3n) is 0.743. The number of ether oxygens (including phenoxy) is 1. The van der Waals surface area contributed by atoms with Gasteiger partial charge in [0.05, 0.1) is 0 Å². The highest BCUT2D eigenvalue weighted by Gasteiger charge is 1.85. The summed E-state index contributed by atoms with van der Waals surface area (Å²) in [4.78, 5) is 0. The van der Waals surface area contributed by atoms with Crippen molar-refractivity contribution in [1.29, 1.82) is 0 Å². The van der Waals surface area contributed by atoms with Crippen molar-refractivity contribution in [2.24, 2.45) is 0 Å². The van der Waals surface area contributed by atoms with Crippen molar-refractivity contribution in [2.45, 2.75) is 22.3 Å². The van der Waals surface area contributed by atoms with E-state index in [9.17, 15) is 0 Å². The Balaban J connectivity index is -0.0000000615. The smallest absolute Gasteiger partial charge is 0.296 e. The van der Waals surface area contributed by atoms with Gasteiger partial charge in [-0.3, -0.25) is 0 Å². The van der Waals surface area contributed by atoms with Crippen molar-refractivity contribution >= 4 is 0 Å². The van der Waals surface area contributed by atoms with E-state index in [1.54, 1.807) is 14.2 Å². The molecule has 0 N–H and O–H groups in total. The Bertz CT molecular complexity index is 151. The van der Waals surface area contributed by atoms with Crippen molar-refractivity contribution in [3.05, 3.63) is 33.9 Å². The van der Waals surface area contributed by atoms with E-state index in [-0.39, 0.29) is 22.3 Å². The van der Waals surface area contributed by atoms with Gasteiger partial charge in [-0.05, 0) is 12.1 Å². The van der Waals surface area contributed by atoms with Crippen LogP contribution in [0.1, 0.15) is 22.3 Å². The van der Waals surface area contributed by atoms with Crippen LogP contribution in [0, 0.1) is 3.57 Å². The maximum Gasteiger partial charge on any atom is 0.296 e. The Morgan fingerprint density at radius 2 is 1.23 bits per heavy atom. The van der Waals surface area contributed by atoms with Crippen LogP contribution in [0.5, 0.6) is 0 Å². The van der Waals surface area contributed by atoms with Gasteiger partial charge in [-0.15, -0.1) is 0 Å². The van der Waals surface area contributed by atoms with Crippen molar-refractivity contribution < 1.29 is 27.3 Å². The summed E-state index contributed by atoms with van der Waals surface area (Å²) in [6.07, 6.45) is 0. The number of rotatable bonds is 0. The summed E-state index contributed by atoms with van der Waals surface area (Å²) in [5, 5.41) is 0. The van der Waals surface area contributed by atoms with E-state index in [1.807, 2.05) is 40.8 Å². The number of hydrogen-bond donors (Lipinski definition) is 0. The number of hydrogen-bond acceptors (Lipinski definition) is 1. The highest BCUT2D eigenvalue weighted by atomic mass is 127. The second-order valence-corrected chi connectivity index (χ2v) is 3.07. The van der Waals surface area contributed by atoms with Gasteiger partial charge in [-0.25, -0.2) is 0 Å². The molecule has 0 aromatic heterocycles. The molecule has 1 aromatic carbocycles. The van der Waals surface area contributed by atoms with E-state index >= 15 is 0 Å². The summed E-state index contributed by atoms with van der Waals surface area (Å²) in [6, 6.07) is 10.3. The van der Waals surface area contributed by atoms with Gasteiger partial charge in [-0.2, -0.15) is 0 Å². The number of benzene rings is 1. The lowest BCUT2D eigenvalue weighted by molar-refractivity contribution is -0.328. The van der Waals surface area contributed by atoms with E-state index in [4.69, 9.17) is 0 Å². The molecule has 0 unspecified atom stereocenters. The molecule has 0 amide bonds. The molecule has 0 aliphatic carbocycles. The second-order valence-electron chi connectivity index (χ2n) is 1.72. The van der Waals surface area contributed by atoms with Gasteiger partial charge >= 0.3 is 0 Å². The fourth-order valence-electron chi connectivity index (χ4n) is 0.420. The third-order valence-corrected chi connectivity index (χ3v) is 1.52. The van der Waals surface area contributed by atoms with E-state index in [0.29, 0.717) is 0 Å². The molecular formula is C11H24IO+. The van der Waals surface area contributed by atoms with Crippen LogP contribution in [0.2, 0.25) is 0 Å². The van der Waals surface area contributed by atoms with Crippen LogP contribution in [0.3, 0.4) is 0 Å². The molecule has 0 aliphatic rings. The van der Waals surface area contributed by atoms with Gasteiger partial charge in [-0.1, -0.05) is 40.5 Å². The highest BCUT2D eigenvalue weighted by Crippen LogP contribution is 1.80. The van der Waals surface area contributed by atoms with Crippen molar-refractivity contribution in [3.63, 3.8) is 0 Å². The Morgan fingerprint density at radius 3 is 1.38 bits per heavy atom. The van der Waals surface area contributed by atoms with E-state index in [1.165, 1.54) is 3.57 Å². The monoisotopic (exact) mass is 299 g/mol. The summed E-state index contributed by atoms with van der Waals surface area (Å²) in [7, 11) is 3.25. The van der Waals surface area contributed by atoms with Crippen molar-refractivity contribution in [3.8, 4) is 0 Å². The maximum atomic E-state index is 4.25. The maximum absolute atomic E-state index is 4.25. The molecule has 0 aliphatic heterocycles. The van der Waals surface area contributed by atoms with Crippen LogP contribution in [0.25, 0.3) is 0 Å². The van der Waals surface area contributed by atoms with Crippen LogP contribution in [0.4, 0.5) is 0 Å². The van der Waals surface area contributed by atoms with Crippen LogP contribution in [-0.2, 0) is 4.74 Å². The van der Waals surface area contributed by atoms with Gasteiger partial charge in [0.2, 0.25) is 0 Å². The Labute approximate surface area is 97.7 Å². The molecule has 1 aromatic rings. The summed E-state index contributed by atoms with van der Waals surface area (Å²) >= 11 is 2.02. The molecule has 2 heteroatoms. The second kappa shape index (κ2) is 17.9. The fourth-order valence-corrected chi connectivity index (χ4v) is 0.869. The molecule has 0 saturated carbocycles. The van der Waals surface area contributed by atoms with Gasteiger partial charge in [0, 0.05) is 14.2 Å². The largest absolute Gasteiger partial charge is 0.388 e. The topological polar surface area (TPSA) is 9.23 Å². The Hall–Kier alpha value is -0.0900. The molecule has 13 heavy (non-hydrogen) atoms. The minimum absolute atomic E-state index is 0. The van der Waals surface area contributed by atoms with E-state index < -0.39 is 0 Å². The zero-order chi connectivity index (χ0) is 7.82. The Kier molecular flexibility index (Phi) is 31.7. The fraction of sp³-hybridized carbons (Fsp3) is 0.455. The standard InChI is InChI=1S/C6H6I.C2H6O.3CH4/c7-6-4-2-1-3-5-6;1-3-2;;;/h1-5,7H;1-2H3;3*1H4/q+1;;;;. The lowest BCUT2D eigenvalue weighted by atomic mass is 10.4. The van der Waals surface area contributed by atoms with Crippen molar-refractivity contribution in [2.75, 3.05) is 14.2 Å². The highest BCUT2D eigenvalue weighted by molar-refractivity contribution is 4.98. The minimum atomic E-state index is 0. The third kappa shape index (κ3) is 18.7. The summed E-state index contributed by atoms with van der Waals surface area (Å²) in [6.45, 7) is 0. The lowest BCUT2D eigenvalue weighted by Gasteiger charge is -1.72. The molecule has 0 radical (unpaired) electrons. The van der Waals surface area contributed by atoms with Crippen LogP contribution >= 0.6 is 0 Å². The lowest BCUT2D eigenvalue weighted by Crippen LogP contribution is -3.34. The first kappa shape index (κ1) is 23.1. The number of methoxy groups -OCH3 is 1. The van der Waals surface area contributed by atoms with Crippen LogP contribution < -0.4 is 22.6 Å². The SMILES string of the molecule is C.C.C.COC.[IH+]c1ccccc1. The van der Waals surface area contributed by atoms with Crippen LogP contribution in [0.15, 0.2) is 30.3 Å². The Morgan fingerprint density at radius 1 is 0.923 bits per heavy atom. The molecular weight excluding hydrogens is 275 g/mol. The molecule has 0 fully saturated rings. The van der Waals surface area contributed by atoms with Gasteiger partial charge in [0.15, 0.2) is 3.57 Å². The predicted octanol–water partition coefficient (Wildman–Crippen LogP) is 0.313. The van der Waals surface area contributed by atoms with Crippen molar-refractivity contribution in [1.82, 2.24) is 0 Å². The summed E-state index contributed by atoms with van der Waals surface area (Å²) < 4.78 is 5.58. The first-order valence-corrected chi connectivity index (χ1v) is 4.10. The summed E-state index contributed by atoms with van der Waals surface area (Å²) in [5.74, 6) is 0. The zero-order valence-corrected chi connectivity index (χ0v) is 8.53. The molecule has 1 rings (SSSR count).